The standard InChI is InChI=1S/C50H82N2O2/c1-3-5-7-9-11-13-15-17-19-21-23-25-27-29-31-33-41-51-45-39-35-37-43-47(45)50(54)48-44(49(43)53)38-36-40-46(48)52-42-34-32-30-28-26-24-22-20-18-16-14-12-10-8-6-4-2/h35-40,51-52H,3-34,41-42H2,1-2H3. The molecule has 0 atom stereocenters. The summed E-state index contributed by atoms with van der Waals surface area (Å²) < 4.78 is 0. The van der Waals surface area contributed by atoms with Crippen molar-refractivity contribution in [3.8, 4) is 0 Å². The Hall–Kier alpha value is -2.62. The van der Waals surface area contributed by atoms with Crippen molar-refractivity contribution in [3.05, 3.63) is 58.7 Å². The number of benzene rings is 2. The Kier molecular flexibility index (Phi) is 25.9. The van der Waals surface area contributed by atoms with Gasteiger partial charge in [-0.15, -0.1) is 0 Å². The summed E-state index contributed by atoms with van der Waals surface area (Å²) in [5.41, 5.74) is 3.74. The van der Waals surface area contributed by atoms with Gasteiger partial charge in [-0.2, -0.15) is 0 Å². The average Bonchev–Trinajstić information content (AvgIpc) is 3.19. The van der Waals surface area contributed by atoms with Crippen LogP contribution in [0.15, 0.2) is 36.4 Å². The molecule has 0 fully saturated rings. The number of hydrogen-bond donors (Lipinski definition) is 2. The number of carbonyl (C=O) groups excluding carboxylic acids is 2. The van der Waals surface area contributed by atoms with E-state index in [-0.39, 0.29) is 11.6 Å². The molecule has 0 aliphatic heterocycles. The van der Waals surface area contributed by atoms with Crippen LogP contribution >= 0.6 is 0 Å². The smallest absolute Gasteiger partial charge is 0.198 e. The first-order chi connectivity index (χ1) is 26.7. The Balaban J connectivity index is 1.27. The summed E-state index contributed by atoms with van der Waals surface area (Å²) in [6.07, 6.45) is 43.4. The lowest BCUT2D eigenvalue weighted by Crippen LogP contribution is -2.24. The highest BCUT2D eigenvalue weighted by Gasteiger charge is 2.33. The molecule has 2 aromatic carbocycles. The lowest BCUT2D eigenvalue weighted by molar-refractivity contribution is 0.0980. The van der Waals surface area contributed by atoms with Crippen molar-refractivity contribution >= 4 is 22.9 Å². The first-order valence-corrected chi connectivity index (χ1v) is 23.5. The summed E-state index contributed by atoms with van der Waals surface area (Å²) in [6.45, 7) is 6.22. The minimum absolute atomic E-state index is 0.0373. The van der Waals surface area contributed by atoms with Crippen molar-refractivity contribution in [1.82, 2.24) is 0 Å². The molecule has 4 nitrogen and oxygen atoms in total. The predicted molar refractivity (Wildman–Crippen MR) is 236 cm³/mol. The molecule has 1 aliphatic rings. The van der Waals surface area contributed by atoms with E-state index in [9.17, 15) is 9.59 Å². The summed E-state index contributed by atoms with van der Waals surface area (Å²) in [5.74, 6) is -0.0820. The van der Waals surface area contributed by atoms with Crippen LogP contribution in [-0.2, 0) is 0 Å². The first-order valence-electron chi connectivity index (χ1n) is 23.5. The number of anilines is 2. The van der Waals surface area contributed by atoms with Crippen molar-refractivity contribution in [2.45, 2.75) is 219 Å². The maximum Gasteiger partial charge on any atom is 0.198 e. The lowest BCUT2D eigenvalue weighted by atomic mass is 9.82. The van der Waals surface area contributed by atoms with Gasteiger partial charge in [0.05, 0.1) is 11.1 Å². The zero-order valence-electron chi connectivity index (χ0n) is 35.3. The topological polar surface area (TPSA) is 58.2 Å². The van der Waals surface area contributed by atoms with E-state index < -0.39 is 0 Å². The molecular formula is C50H82N2O2. The van der Waals surface area contributed by atoms with Crippen LogP contribution in [0.3, 0.4) is 0 Å². The first kappa shape index (κ1) is 45.8. The molecule has 0 unspecified atom stereocenters. The van der Waals surface area contributed by atoms with E-state index in [1.165, 1.54) is 193 Å². The molecule has 0 amide bonds. The van der Waals surface area contributed by atoms with Gasteiger partial charge in [0.1, 0.15) is 0 Å². The summed E-state index contributed by atoms with van der Waals surface area (Å²) >= 11 is 0. The minimum atomic E-state index is -0.0447. The van der Waals surface area contributed by atoms with E-state index in [4.69, 9.17) is 0 Å². The Bertz CT molecular complexity index is 1180. The van der Waals surface area contributed by atoms with Crippen molar-refractivity contribution in [3.63, 3.8) is 0 Å². The molecule has 0 saturated carbocycles. The minimum Gasteiger partial charge on any atom is -0.384 e. The van der Waals surface area contributed by atoms with Crippen LogP contribution < -0.4 is 10.6 Å². The van der Waals surface area contributed by atoms with Crippen LogP contribution in [-0.4, -0.2) is 24.7 Å². The van der Waals surface area contributed by atoms with Gasteiger partial charge in [0.15, 0.2) is 11.6 Å². The van der Waals surface area contributed by atoms with Crippen molar-refractivity contribution in [2.75, 3.05) is 23.7 Å². The van der Waals surface area contributed by atoms with Crippen LogP contribution in [0.2, 0.25) is 0 Å². The van der Waals surface area contributed by atoms with Gasteiger partial charge in [-0.1, -0.05) is 231 Å². The third kappa shape index (κ3) is 18.3. The maximum atomic E-state index is 14.0. The molecule has 54 heavy (non-hydrogen) atoms. The fraction of sp³-hybridized carbons (Fsp3) is 0.720. The van der Waals surface area contributed by atoms with Crippen LogP contribution in [0, 0.1) is 0 Å². The van der Waals surface area contributed by atoms with Crippen LogP contribution in [0.4, 0.5) is 11.4 Å². The number of ketones is 2. The van der Waals surface area contributed by atoms with E-state index >= 15 is 0 Å². The zero-order chi connectivity index (χ0) is 38.3. The normalized spacial score (nSPS) is 12.3. The molecule has 0 heterocycles. The Labute approximate surface area is 333 Å². The molecule has 1 aliphatic carbocycles. The molecule has 0 bridgehead atoms. The monoisotopic (exact) mass is 743 g/mol. The summed E-state index contributed by atoms with van der Waals surface area (Å²) in [6, 6.07) is 11.4. The van der Waals surface area contributed by atoms with Gasteiger partial charge in [-0.25, -0.2) is 0 Å². The van der Waals surface area contributed by atoms with E-state index in [1.807, 2.05) is 36.4 Å². The van der Waals surface area contributed by atoms with Gasteiger partial charge >= 0.3 is 0 Å². The van der Waals surface area contributed by atoms with Gasteiger partial charge in [0.25, 0.3) is 0 Å². The van der Waals surface area contributed by atoms with Crippen LogP contribution in [0.5, 0.6) is 0 Å². The molecule has 0 radical (unpaired) electrons. The van der Waals surface area contributed by atoms with Gasteiger partial charge in [0.2, 0.25) is 0 Å². The highest BCUT2D eigenvalue weighted by atomic mass is 16.1. The van der Waals surface area contributed by atoms with Crippen molar-refractivity contribution < 1.29 is 9.59 Å². The molecule has 2 aromatic rings. The molecule has 0 aromatic heterocycles. The molecule has 3 rings (SSSR count). The molecule has 0 spiro atoms. The second-order valence-corrected chi connectivity index (χ2v) is 16.6. The highest BCUT2D eigenvalue weighted by Crippen LogP contribution is 2.35. The quantitative estimate of drug-likeness (QED) is 0.0583. The molecule has 2 N–H and O–H groups in total. The number of unbranched alkanes of at least 4 members (excludes halogenated alkanes) is 30. The Morgan fingerprint density at radius 3 is 0.870 bits per heavy atom. The van der Waals surface area contributed by atoms with Crippen molar-refractivity contribution in [2.24, 2.45) is 0 Å². The van der Waals surface area contributed by atoms with E-state index in [1.54, 1.807) is 0 Å². The van der Waals surface area contributed by atoms with E-state index in [0.29, 0.717) is 22.3 Å². The molecule has 304 valence electrons. The summed E-state index contributed by atoms with van der Waals surface area (Å²) in [4.78, 5) is 27.6. The predicted octanol–water partition coefficient (Wildman–Crippen LogP) is 15.8. The largest absolute Gasteiger partial charge is 0.384 e. The molecule has 0 saturated heterocycles. The second-order valence-electron chi connectivity index (χ2n) is 16.6. The third-order valence-corrected chi connectivity index (χ3v) is 11.8. The SMILES string of the molecule is CCCCCCCCCCCCCCCCCCNc1cccc2c1C(=O)c1c(NCCCCCCCCCCCCCCCCCC)cccc1C2=O. The Morgan fingerprint density at radius 1 is 0.333 bits per heavy atom. The molecule has 4 heteroatoms. The fourth-order valence-electron chi connectivity index (χ4n) is 8.33. The average molecular weight is 743 g/mol. The lowest BCUT2D eigenvalue weighted by Gasteiger charge is -2.23. The number of nitrogens with one attached hydrogen (secondary N) is 2. The van der Waals surface area contributed by atoms with Gasteiger partial charge in [-0.05, 0) is 25.0 Å². The number of carbonyl (C=O) groups is 2. The summed E-state index contributed by atoms with van der Waals surface area (Å²) in [7, 11) is 0. The van der Waals surface area contributed by atoms with E-state index in [0.717, 1.165) is 37.3 Å². The Morgan fingerprint density at radius 2 is 0.593 bits per heavy atom. The number of rotatable bonds is 36. The zero-order valence-corrected chi connectivity index (χ0v) is 35.3. The van der Waals surface area contributed by atoms with Gasteiger partial charge < -0.3 is 10.6 Å². The highest BCUT2D eigenvalue weighted by molar-refractivity contribution is 6.31. The van der Waals surface area contributed by atoms with Crippen LogP contribution in [0.1, 0.15) is 251 Å². The third-order valence-electron chi connectivity index (χ3n) is 11.8. The van der Waals surface area contributed by atoms with Gasteiger partial charge in [-0.3, -0.25) is 9.59 Å². The number of fused-ring (bicyclic) bond motifs is 2. The van der Waals surface area contributed by atoms with E-state index in [2.05, 4.69) is 24.5 Å². The van der Waals surface area contributed by atoms with Crippen molar-refractivity contribution in [1.29, 1.82) is 0 Å². The fourth-order valence-corrected chi connectivity index (χ4v) is 8.33. The van der Waals surface area contributed by atoms with Crippen LogP contribution in [0.25, 0.3) is 0 Å². The number of hydrogen-bond acceptors (Lipinski definition) is 4. The van der Waals surface area contributed by atoms with Gasteiger partial charge in [0, 0.05) is 35.6 Å². The second kappa shape index (κ2) is 30.6. The maximum absolute atomic E-state index is 14.0. The molecular weight excluding hydrogens is 661 g/mol. The summed E-state index contributed by atoms with van der Waals surface area (Å²) in [5, 5.41) is 7.07.